The molecule has 0 amide bonds. The van der Waals surface area contributed by atoms with Crippen molar-refractivity contribution in [2.45, 2.75) is 18.9 Å². The Morgan fingerprint density at radius 1 is 1.79 bits per heavy atom. The Labute approximate surface area is 83.5 Å². The van der Waals surface area contributed by atoms with E-state index in [9.17, 15) is 0 Å². The standard InChI is InChI=1S/C10H13N3O/c1-14-7-13-6-12-9-4-8(5-11)2-3-10(9)13/h3,6,8-9H,2,4,7H2,1H3. The van der Waals surface area contributed by atoms with Crippen molar-refractivity contribution in [2.24, 2.45) is 10.9 Å². The average molecular weight is 191 g/mol. The second-order valence-electron chi connectivity index (χ2n) is 3.59. The third-order valence-corrected chi connectivity index (χ3v) is 2.63. The third-order valence-electron chi connectivity index (χ3n) is 2.63. The van der Waals surface area contributed by atoms with Crippen LogP contribution in [0.25, 0.3) is 0 Å². The van der Waals surface area contributed by atoms with Crippen LogP contribution in [0.3, 0.4) is 0 Å². The largest absolute Gasteiger partial charge is 0.364 e. The van der Waals surface area contributed by atoms with Gasteiger partial charge >= 0.3 is 0 Å². The van der Waals surface area contributed by atoms with E-state index >= 15 is 0 Å². The van der Waals surface area contributed by atoms with Crippen molar-refractivity contribution in [3.63, 3.8) is 0 Å². The molecule has 4 heteroatoms. The number of hydrogen-bond donors (Lipinski definition) is 0. The molecular formula is C10H13N3O. The highest BCUT2D eigenvalue weighted by molar-refractivity contribution is 5.63. The summed E-state index contributed by atoms with van der Waals surface area (Å²) in [7, 11) is 1.67. The average Bonchev–Trinajstić information content (AvgIpc) is 2.61. The van der Waals surface area contributed by atoms with Crippen LogP contribution in [-0.4, -0.2) is 31.1 Å². The van der Waals surface area contributed by atoms with Crippen molar-refractivity contribution in [3.8, 4) is 6.07 Å². The molecule has 2 atom stereocenters. The molecule has 0 bridgehead atoms. The minimum atomic E-state index is 0.128. The van der Waals surface area contributed by atoms with Gasteiger partial charge in [-0.3, -0.25) is 4.99 Å². The highest BCUT2D eigenvalue weighted by Crippen LogP contribution is 2.30. The molecule has 1 heterocycles. The molecule has 0 N–H and O–H groups in total. The number of aliphatic imine (C=N–C) groups is 1. The number of hydrogen-bond acceptors (Lipinski definition) is 4. The molecule has 0 fully saturated rings. The molecule has 0 saturated heterocycles. The summed E-state index contributed by atoms with van der Waals surface area (Å²) < 4.78 is 5.06. The van der Waals surface area contributed by atoms with E-state index in [1.807, 2.05) is 4.90 Å². The van der Waals surface area contributed by atoms with E-state index < -0.39 is 0 Å². The van der Waals surface area contributed by atoms with Crippen LogP contribution in [-0.2, 0) is 4.74 Å². The van der Waals surface area contributed by atoms with Crippen LogP contribution in [0.15, 0.2) is 16.8 Å². The van der Waals surface area contributed by atoms with E-state index in [0.717, 1.165) is 12.8 Å². The summed E-state index contributed by atoms with van der Waals surface area (Å²) in [5.41, 5.74) is 1.19. The summed E-state index contributed by atoms with van der Waals surface area (Å²) in [6.45, 7) is 0.545. The number of ether oxygens (including phenoxy) is 1. The molecular weight excluding hydrogens is 178 g/mol. The lowest BCUT2D eigenvalue weighted by Crippen LogP contribution is -2.26. The van der Waals surface area contributed by atoms with Crippen LogP contribution in [0, 0.1) is 17.2 Å². The molecule has 0 aromatic carbocycles. The van der Waals surface area contributed by atoms with E-state index in [-0.39, 0.29) is 12.0 Å². The van der Waals surface area contributed by atoms with Gasteiger partial charge in [0.05, 0.1) is 24.4 Å². The molecule has 14 heavy (non-hydrogen) atoms. The monoisotopic (exact) mass is 191 g/mol. The molecule has 1 aliphatic heterocycles. The second kappa shape index (κ2) is 3.81. The highest BCUT2D eigenvalue weighted by atomic mass is 16.5. The summed E-state index contributed by atoms with van der Waals surface area (Å²) in [4.78, 5) is 6.36. The van der Waals surface area contributed by atoms with Crippen LogP contribution >= 0.6 is 0 Å². The molecule has 74 valence electrons. The lowest BCUT2D eigenvalue weighted by Gasteiger charge is -2.24. The minimum absolute atomic E-state index is 0.128. The Balaban J connectivity index is 2.09. The number of rotatable bonds is 2. The van der Waals surface area contributed by atoms with E-state index in [1.54, 1.807) is 13.4 Å². The maximum absolute atomic E-state index is 8.81. The van der Waals surface area contributed by atoms with Gasteiger partial charge in [-0.2, -0.15) is 5.26 Å². The van der Waals surface area contributed by atoms with Gasteiger partial charge in [0.1, 0.15) is 6.73 Å². The smallest absolute Gasteiger partial charge is 0.123 e. The zero-order valence-corrected chi connectivity index (χ0v) is 8.18. The van der Waals surface area contributed by atoms with Crippen LogP contribution < -0.4 is 0 Å². The molecule has 2 aliphatic rings. The lowest BCUT2D eigenvalue weighted by molar-refractivity contribution is 0.130. The van der Waals surface area contributed by atoms with Crippen molar-refractivity contribution in [3.05, 3.63) is 11.8 Å². The first-order chi connectivity index (χ1) is 6.85. The number of allylic oxidation sites excluding steroid dienone is 1. The summed E-state index contributed by atoms with van der Waals surface area (Å²) in [5.74, 6) is 0.128. The first kappa shape index (κ1) is 9.22. The Morgan fingerprint density at radius 3 is 3.36 bits per heavy atom. The fraction of sp³-hybridized carbons (Fsp3) is 0.600. The van der Waals surface area contributed by atoms with Gasteiger partial charge in [0.2, 0.25) is 0 Å². The first-order valence-electron chi connectivity index (χ1n) is 4.73. The van der Waals surface area contributed by atoms with Crippen molar-refractivity contribution < 1.29 is 4.74 Å². The quantitative estimate of drug-likeness (QED) is 0.657. The maximum atomic E-state index is 8.81. The Kier molecular flexibility index (Phi) is 2.51. The minimum Gasteiger partial charge on any atom is -0.364 e. The Morgan fingerprint density at radius 2 is 2.64 bits per heavy atom. The van der Waals surface area contributed by atoms with Crippen molar-refractivity contribution in [1.29, 1.82) is 5.26 Å². The maximum Gasteiger partial charge on any atom is 0.123 e. The number of methoxy groups -OCH3 is 1. The summed E-state index contributed by atoms with van der Waals surface area (Å²) in [6, 6.07) is 2.48. The predicted octanol–water partition coefficient (Wildman–Crippen LogP) is 1.12. The zero-order chi connectivity index (χ0) is 9.97. The van der Waals surface area contributed by atoms with E-state index in [0.29, 0.717) is 6.73 Å². The highest BCUT2D eigenvalue weighted by Gasteiger charge is 2.30. The lowest BCUT2D eigenvalue weighted by atomic mass is 9.90. The molecule has 2 rings (SSSR count). The molecule has 0 radical (unpaired) electrons. The van der Waals surface area contributed by atoms with E-state index in [1.165, 1.54) is 5.70 Å². The Bertz CT molecular complexity index is 316. The van der Waals surface area contributed by atoms with Gasteiger partial charge in [-0.25, -0.2) is 0 Å². The normalized spacial score (nSPS) is 29.7. The van der Waals surface area contributed by atoms with Gasteiger partial charge < -0.3 is 9.64 Å². The van der Waals surface area contributed by atoms with Gasteiger partial charge in [0.15, 0.2) is 0 Å². The van der Waals surface area contributed by atoms with Crippen LogP contribution in [0.1, 0.15) is 12.8 Å². The molecule has 2 unspecified atom stereocenters. The van der Waals surface area contributed by atoms with Gasteiger partial charge in [0, 0.05) is 12.8 Å². The zero-order valence-electron chi connectivity index (χ0n) is 8.18. The number of fused-ring (bicyclic) bond motifs is 1. The van der Waals surface area contributed by atoms with Gasteiger partial charge in [0.25, 0.3) is 0 Å². The topological polar surface area (TPSA) is 48.6 Å². The summed E-state index contributed by atoms with van der Waals surface area (Å²) >= 11 is 0. The summed E-state index contributed by atoms with van der Waals surface area (Å²) in [5, 5.41) is 8.81. The molecule has 4 nitrogen and oxygen atoms in total. The van der Waals surface area contributed by atoms with Gasteiger partial charge in [-0.05, 0) is 12.8 Å². The van der Waals surface area contributed by atoms with Crippen molar-refractivity contribution in [2.75, 3.05) is 13.8 Å². The first-order valence-corrected chi connectivity index (χ1v) is 4.73. The molecule has 0 saturated carbocycles. The predicted molar refractivity (Wildman–Crippen MR) is 52.4 cm³/mol. The number of nitrogens with zero attached hydrogens (tertiary/aromatic N) is 3. The van der Waals surface area contributed by atoms with Crippen molar-refractivity contribution in [1.82, 2.24) is 4.90 Å². The van der Waals surface area contributed by atoms with E-state index in [4.69, 9.17) is 10.00 Å². The Hall–Kier alpha value is -1.34. The van der Waals surface area contributed by atoms with Crippen molar-refractivity contribution >= 4 is 6.34 Å². The summed E-state index contributed by atoms with van der Waals surface area (Å²) in [6.07, 6.45) is 5.60. The van der Waals surface area contributed by atoms with Crippen LogP contribution in [0.4, 0.5) is 0 Å². The van der Waals surface area contributed by atoms with Gasteiger partial charge in [-0.1, -0.05) is 6.08 Å². The number of nitriles is 1. The van der Waals surface area contributed by atoms with Crippen LogP contribution in [0.5, 0.6) is 0 Å². The molecule has 0 spiro atoms. The van der Waals surface area contributed by atoms with E-state index in [2.05, 4.69) is 17.1 Å². The fourth-order valence-corrected chi connectivity index (χ4v) is 1.91. The molecule has 0 aromatic rings. The second-order valence-corrected chi connectivity index (χ2v) is 3.59. The third kappa shape index (κ3) is 1.51. The molecule has 0 aromatic heterocycles. The SMILES string of the molecule is COCN1C=NC2CC(C#N)CC=C21. The molecule has 1 aliphatic carbocycles. The van der Waals surface area contributed by atoms with Gasteiger partial charge in [-0.15, -0.1) is 0 Å². The fourth-order valence-electron chi connectivity index (χ4n) is 1.91. The van der Waals surface area contributed by atoms with Crippen LogP contribution in [0.2, 0.25) is 0 Å².